The van der Waals surface area contributed by atoms with Crippen LogP contribution in [0.25, 0.3) is 11.5 Å². The Morgan fingerprint density at radius 1 is 0.971 bits per heavy atom. The smallest absolute Gasteiger partial charge is 0.257 e. The molecular formula is C28H35N5O. The summed E-state index contributed by atoms with van der Waals surface area (Å²) >= 11 is 0. The molecule has 4 rings (SSSR count). The highest BCUT2D eigenvalue weighted by molar-refractivity contribution is 5.51. The van der Waals surface area contributed by atoms with Crippen LogP contribution < -0.4 is 0 Å². The topological polar surface area (TPSA) is 69.2 Å². The minimum atomic E-state index is -0.422. The lowest BCUT2D eigenvalue weighted by Crippen LogP contribution is -2.34. The highest BCUT2D eigenvalue weighted by Gasteiger charge is 2.35. The van der Waals surface area contributed by atoms with Gasteiger partial charge in [0.25, 0.3) is 5.89 Å². The molecule has 2 heterocycles. The zero-order chi connectivity index (χ0) is 23.8. The van der Waals surface area contributed by atoms with Crippen LogP contribution in [0.3, 0.4) is 0 Å². The normalized spacial score (nSPS) is 17.2. The first-order chi connectivity index (χ1) is 16.6. The van der Waals surface area contributed by atoms with Crippen molar-refractivity contribution in [3.8, 4) is 17.5 Å². The van der Waals surface area contributed by atoms with Crippen LogP contribution in [0.5, 0.6) is 0 Å². The Kier molecular flexibility index (Phi) is 8.10. The van der Waals surface area contributed by atoms with Gasteiger partial charge < -0.3 is 9.42 Å². The van der Waals surface area contributed by atoms with Crippen molar-refractivity contribution in [1.29, 1.82) is 5.26 Å². The maximum Gasteiger partial charge on any atom is 0.257 e. The fourth-order valence-corrected chi connectivity index (χ4v) is 4.96. The van der Waals surface area contributed by atoms with E-state index < -0.39 is 5.41 Å². The third-order valence-corrected chi connectivity index (χ3v) is 7.05. The zero-order valence-corrected chi connectivity index (χ0v) is 20.4. The Morgan fingerprint density at radius 2 is 1.65 bits per heavy atom. The van der Waals surface area contributed by atoms with Crippen LogP contribution in [0.2, 0.25) is 0 Å². The molecule has 0 N–H and O–H groups in total. The molecule has 6 nitrogen and oxygen atoms in total. The Bertz CT molecular complexity index is 1060. The van der Waals surface area contributed by atoms with Crippen LogP contribution in [0.1, 0.15) is 44.5 Å². The number of nitriles is 1. The van der Waals surface area contributed by atoms with Crippen molar-refractivity contribution < 1.29 is 4.52 Å². The number of aromatic nitrogens is 2. The summed E-state index contributed by atoms with van der Waals surface area (Å²) in [5.41, 5.74) is 1.67. The molecule has 0 bridgehead atoms. The number of hydrogen-bond acceptors (Lipinski definition) is 6. The van der Waals surface area contributed by atoms with E-state index >= 15 is 0 Å². The molecule has 1 atom stereocenters. The molecule has 34 heavy (non-hydrogen) atoms. The lowest BCUT2D eigenvalue weighted by molar-refractivity contribution is 0.236. The SMILES string of the molecule is CC(C)C(C#N)(CCCN1CCCN(Cc2noc(-c3ccccc3)n2)CC1)c1ccccc1. The molecule has 3 aromatic rings. The van der Waals surface area contributed by atoms with Gasteiger partial charge in [0.1, 0.15) is 0 Å². The quantitative estimate of drug-likeness (QED) is 0.443. The lowest BCUT2D eigenvalue weighted by Gasteiger charge is -2.32. The first-order valence-corrected chi connectivity index (χ1v) is 12.4. The summed E-state index contributed by atoms with van der Waals surface area (Å²) in [6.07, 6.45) is 3.03. The average molecular weight is 458 g/mol. The fourth-order valence-electron chi connectivity index (χ4n) is 4.96. The third kappa shape index (κ3) is 5.72. The van der Waals surface area contributed by atoms with Crippen LogP contribution in [0.15, 0.2) is 65.2 Å². The van der Waals surface area contributed by atoms with Crippen molar-refractivity contribution in [1.82, 2.24) is 19.9 Å². The molecule has 2 aromatic carbocycles. The van der Waals surface area contributed by atoms with E-state index in [0.717, 1.165) is 68.9 Å². The summed E-state index contributed by atoms with van der Waals surface area (Å²) < 4.78 is 5.47. The van der Waals surface area contributed by atoms with E-state index in [-0.39, 0.29) is 5.92 Å². The molecule has 1 aliphatic heterocycles. The third-order valence-electron chi connectivity index (χ3n) is 7.05. The maximum atomic E-state index is 10.1. The van der Waals surface area contributed by atoms with E-state index in [1.165, 1.54) is 0 Å². The Morgan fingerprint density at radius 3 is 2.35 bits per heavy atom. The standard InChI is InChI=1S/C28H35N5O/c1-23(2)28(22-29,25-13-7-4-8-14-25)15-9-16-32-17-10-18-33(20-19-32)21-26-30-27(34-31-26)24-11-5-3-6-12-24/h3-8,11-14,23H,9-10,15-21H2,1-2H3. The van der Waals surface area contributed by atoms with Crippen LogP contribution in [-0.2, 0) is 12.0 Å². The van der Waals surface area contributed by atoms with Gasteiger partial charge in [-0.1, -0.05) is 67.5 Å². The van der Waals surface area contributed by atoms with Gasteiger partial charge in [0.15, 0.2) is 5.82 Å². The van der Waals surface area contributed by atoms with Gasteiger partial charge in [0.2, 0.25) is 0 Å². The highest BCUT2D eigenvalue weighted by Crippen LogP contribution is 2.36. The minimum Gasteiger partial charge on any atom is -0.334 e. The molecule has 0 spiro atoms. The van der Waals surface area contributed by atoms with E-state index in [2.05, 4.69) is 52.0 Å². The van der Waals surface area contributed by atoms with E-state index in [1.807, 2.05) is 48.5 Å². The first-order valence-electron chi connectivity index (χ1n) is 12.4. The lowest BCUT2D eigenvalue weighted by atomic mass is 9.70. The van der Waals surface area contributed by atoms with E-state index in [4.69, 9.17) is 4.52 Å². The predicted molar refractivity (Wildman–Crippen MR) is 134 cm³/mol. The minimum absolute atomic E-state index is 0.273. The van der Waals surface area contributed by atoms with E-state index in [1.54, 1.807) is 0 Å². The summed E-state index contributed by atoms with van der Waals surface area (Å²) in [6.45, 7) is 10.2. The van der Waals surface area contributed by atoms with Gasteiger partial charge in [-0.3, -0.25) is 4.90 Å². The number of rotatable bonds is 9. The molecule has 178 valence electrons. The molecule has 1 aromatic heterocycles. The molecule has 1 aliphatic rings. The van der Waals surface area contributed by atoms with Crippen molar-refractivity contribution in [2.24, 2.45) is 5.92 Å². The molecule has 1 unspecified atom stereocenters. The van der Waals surface area contributed by atoms with Crippen LogP contribution in [0, 0.1) is 17.2 Å². The van der Waals surface area contributed by atoms with Gasteiger partial charge in [-0.05, 0) is 62.5 Å². The summed E-state index contributed by atoms with van der Waals surface area (Å²) in [4.78, 5) is 9.55. The largest absolute Gasteiger partial charge is 0.334 e. The maximum absolute atomic E-state index is 10.1. The molecule has 0 aliphatic carbocycles. The van der Waals surface area contributed by atoms with Crippen molar-refractivity contribution in [3.63, 3.8) is 0 Å². The molecular weight excluding hydrogens is 422 g/mol. The van der Waals surface area contributed by atoms with Gasteiger partial charge in [0.05, 0.1) is 18.0 Å². The molecule has 0 radical (unpaired) electrons. The van der Waals surface area contributed by atoms with Gasteiger partial charge in [-0.15, -0.1) is 0 Å². The van der Waals surface area contributed by atoms with E-state index in [0.29, 0.717) is 12.4 Å². The van der Waals surface area contributed by atoms with Crippen molar-refractivity contribution in [2.45, 2.75) is 45.1 Å². The first kappa shape index (κ1) is 24.1. The second-order valence-corrected chi connectivity index (χ2v) is 9.56. The van der Waals surface area contributed by atoms with Crippen LogP contribution >= 0.6 is 0 Å². The molecule has 0 saturated carbocycles. The molecule has 1 saturated heterocycles. The zero-order valence-electron chi connectivity index (χ0n) is 20.4. The van der Waals surface area contributed by atoms with Gasteiger partial charge in [-0.2, -0.15) is 10.2 Å². The summed E-state index contributed by atoms with van der Waals surface area (Å²) in [5, 5.41) is 14.3. The number of hydrogen-bond donors (Lipinski definition) is 0. The van der Waals surface area contributed by atoms with Gasteiger partial charge >= 0.3 is 0 Å². The Hall–Kier alpha value is -3.01. The molecule has 1 fully saturated rings. The summed E-state index contributed by atoms with van der Waals surface area (Å²) in [7, 11) is 0. The van der Waals surface area contributed by atoms with Crippen molar-refractivity contribution >= 4 is 0 Å². The highest BCUT2D eigenvalue weighted by atomic mass is 16.5. The fraction of sp³-hybridized carbons (Fsp3) is 0.464. The van der Waals surface area contributed by atoms with Crippen molar-refractivity contribution in [3.05, 3.63) is 72.1 Å². The predicted octanol–water partition coefficient (Wildman–Crippen LogP) is 5.14. The molecule has 6 heteroatoms. The average Bonchev–Trinajstić information content (AvgIpc) is 3.22. The van der Waals surface area contributed by atoms with Gasteiger partial charge in [-0.25, -0.2) is 0 Å². The number of benzene rings is 2. The van der Waals surface area contributed by atoms with Gasteiger partial charge in [0, 0.05) is 18.7 Å². The Labute approximate surface area is 203 Å². The van der Waals surface area contributed by atoms with E-state index in [9.17, 15) is 5.26 Å². The summed E-state index contributed by atoms with van der Waals surface area (Å²) in [6, 6.07) is 22.9. The second-order valence-electron chi connectivity index (χ2n) is 9.56. The van der Waals surface area contributed by atoms with Crippen molar-refractivity contribution in [2.75, 3.05) is 32.7 Å². The molecule has 0 amide bonds. The second kappa shape index (κ2) is 11.4. The van der Waals surface area contributed by atoms with Crippen LogP contribution in [-0.4, -0.2) is 52.7 Å². The monoisotopic (exact) mass is 457 g/mol. The Balaban J connectivity index is 1.28. The van der Waals surface area contributed by atoms with Crippen LogP contribution in [0.4, 0.5) is 0 Å². The summed E-state index contributed by atoms with van der Waals surface area (Å²) in [5.74, 6) is 1.60. The number of nitrogens with zero attached hydrogens (tertiary/aromatic N) is 5.